The van der Waals surface area contributed by atoms with Crippen molar-refractivity contribution in [3.05, 3.63) is 65.6 Å². The number of hydrogen-bond acceptors (Lipinski definition) is 0. The molecule has 1 heteroatoms. The van der Waals surface area contributed by atoms with Gasteiger partial charge in [-0.15, -0.1) is 0 Å². The molecule has 0 heterocycles. The van der Waals surface area contributed by atoms with E-state index in [0.717, 1.165) is 0 Å². The molecule has 23 heavy (non-hydrogen) atoms. The lowest BCUT2D eigenvalue weighted by atomic mass is 9.91. The Morgan fingerprint density at radius 1 is 0.826 bits per heavy atom. The molecular formula is C22H27Si. The highest BCUT2D eigenvalue weighted by atomic mass is 28.3. The summed E-state index contributed by atoms with van der Waals surface area (Å²) in [5.74, 6) is 1.50. The molecule has 1 radical (unpaired) electrons. The summed E-state index contributed by atoms with van der Waals surface area (Å²) in [7, 11) is -1.22. The van der Waals surface area contributed by atoms with Gasteiger partial charge < -0.3 is 0 Å². The molecule has 0 N–H and O–H groups in total. The first-order valence-corrected chi connectivity index (χ1v) is 12.3. The van der Waals surface area contributed by atoms with E-state index >= 15 is 0 Å². The molecule has 1 aliphatic carbocycles. The lowest BCUT2D eigenvalue weighted by molar-refractivity contribution is 0.764. The predicted octanol–water partition coefficient (Wildman–Crippen LogP) is 6.04. The predicted molar refractivity (Wildman–Crippen MR) is 106 cm³/mol. The number of fused-ring (bicyclic) bond motifs is 1. The van der Waals surface area contributed by atoms with Crippen LogP contribution in [0.5, 0.6) is 0 Å². The minimum Gasteiger partial charge on any atom is -0.0721 e. The van der Waals surface area contributed by atoms with E-state index in [1.54, 1.807) is 0 Å². The minimum absolute atomic E-state index is 1.19. The lowest BCUT2D eigenvalue weighted by Gasteiger charge is -2.17. The molecule has 2 aromatic carbocycles. The maximum atomic E-state index is 2.40. The van der Waals surface area contributed by atoms with Crippen LogP contribution in [0.15, 0.2) is 48.5 Å². The zero-order chi connectivity index (χ0) is 16.4. The molecule has 0 spiro atoms. The molecule has 0 unspecified atom stereocenters. The molecule has 3 rings (SSSR count). The Kier molecular flexibility index (Phi) is 4.59. The molecular weight excluding hydrogens is 292 g/mol. The van der Waals surface area contributed by atoms with Gasteiger partial charge in [0.15, 0.2) is 0 Å². The standard InChI is InChI=1S/C22H27Si/c1-5-6-8-17-13-16-22-20(17)9-7-10-21(22)18-11-14-19(15-12-18)23(2,3)4/h7,9-16H,5-6,8H2,1-4H3. The van der Waals surface area contributed by atoms with Crippen LogP contribution in [0.3, 0.4) is 0 Å². The molecule has 0 saturated carbocycles. The van der Waals surface area contributed by atoms with Crippen molar-refractivity contribution in [1.82, 2.24) is 0 Å². The van der Waals surface area contributed by atoms with E-state index in [1.807, 2.05) is 0 Å². The molecule has 0 atom stereocenters. The lowest BCUT2D eigenvalue weighted by Crippen LogP contribution is -2.37. The first-order chi connectivity index (χ1) is 11.0. The maximum absolute atomic E-state index is 2.40. The van der Waals surface area contributed by atoms with Crippen LogP contribution >= 0.6 is 0 Å². The summed E-state index contributed by atoms with van der Waals surface area (Å²) in [6.07, 6.45) is 8.35. The highest BCUT2D eigenvalue weighted by molar-refractivity contribution is 6.88. The third kappa shape index (κ3) is 3.35. The summed E-state index contributed by atoms with van der Waals surface area (Å²) in [6.45, 7) is 9.47. The largest absolute Gasteiger partial charge is 0.0775 e. The Morgan fingerprint density at radius 3 is 2.17 bits per heavy atom. The van der Waals surface area contributed by atoms with Crippen molar-refractivity contribution in [2.24, 2.45) is 0 Å². The molecule has 0 aliphatic heterocycles. The summed E-state index contributed by atoms with van der Waals surface area (Å²) in [5.41, 5.74) is 5.54. The van der Waals surface area contributed by atoms with Gasteiger partial charge in [-0.2, -0.15) is 0 Å². The van der Waals surface area contributed by atoms with E-state index in [-0.39, 0.29) is 0 Å². The summed E-state index contributed by atoms with van der Waals surface area (Å²) in [5, 5.41) is 1.53. The van der Waals surface area contributed by atoms with E-state index in [4.69, 9.17) is 0 Å². The van der Waals surface area contributed by atoms with Crippen LogP contribution in [0.25, 0.3) is 17.2 Å². The van der Waals surface area contributed by atoms with Gasteiger partial charge in [-0.25, -0.2) is 0 Å². The molecule has 119 valence electrons. The molecule has 0 amide bonds. The first kappa shape index (κ1) is 16.3. The highest BCUT2D eigenvalue weighted by Crippen LogP contribution is 2.38. The molecule has 0 nitrogen and oxygen atoms in total. The number of rotatable bonds is 5. The highest BCUT2D eigenvalue weighted by Gasteiger charge is 2.21. The Bertz CT molecular complexity index is 702. The van der Waals surface area contributed by atoms with Crippen molar-refractivity contribution in [1.29, 1.82) is 0 Å². The van der Waals surface area contributed by atoms with Gasteiger partial charge in [0.1, 0.15) is 0 Å². The second-order valence-electron chi connectivity index (χ2n) is 7.56. The minimum atomic E-state index is -1.22. The van der Waals surface area contributed by atoms with Gasteiger partial charge in [0.25, 0.3) is 0 Å². The second-order valence-corrected chi connectivity index (χ2v) is 12.6. The van der Waals surface area contributed by atoms with Gasteiger partial charge in [-0.1, -0.05) is 99.2 Å². The maximum Gasteiger partial charge on any atom is 0.0775 e. The Balaban J connectivity index is 1.93. The van der Waals surface area contributed by atoms with E-state index in [1.165, 1.54) is 52.6 Å². The fourth-order valence-corrected chi connectivity index (χ4v) is 4.45. The SMILES string of the molecule is CCCC[C]1C=Cc2c1cccc2-c1ccc([Si](C)(C)C)cc1. The van der Waals surface area contributed by atoms with E-state index in [0.29, 0.717) is 0 Å². The monoisotopic (exact) mass is 319 g/mol. The van der Waals surface area contributed by atoms with Gasteiger partial charge in [-0.3, -0.25) is 0 Å². The van der Waals surface area contributed by atoms with E-state index < -0.39 is 8.07 Å². The van der Waals surface area contributed by atoms with Gasteiger partial charge in [0, 0.05) is 5.92 Å². The Hall–Kier alpha value is -1.60. The average Bonchev–Trinajstić information content (AvgIpc) is 2.95. The van der Waals surface area contributed by atoms with Gasteiger partial charge >= 0.3 is 0 Å². The van der Waals surface area contributed by atoms with Crippen molar-refractivity contribution < 1.29 is 0 Å². The topological polar surface area (TPSA) is 0 Å². The van der Waals surface area contributed by atoms with E-state index in [9.17, 15) is 0 Å². The number of benzene rings is 2. The number of allylic oxidation sites excluding steroid dienone is 1. The zero-order valence-electron chi connectivity index (χ0n) is 14.8. The molecule has 0 aromatic heterocycles. The van der Waals surface area contributed by atoms with E-state index in [2.05, 4.69) is 81.2 Å². The van der Waals surface area contributed by atoms with Crippen molar-refractivity contribution >= 4 is 19.3 Å². The Morgan fingerprint density at radius 2 is 1.52 bits per heavy atom. The fraction of sp³-hybridized carbons (Fsp3) is 0.318. The molecule has 2 aromatic rings. The van der Waals surface area contributed by atoms with Crippen molar-refractivity contribution in [3.63, 3.8) is 0 Å². The number of hydrogen-bond donors (Lipinski definition) is 0. The quantitative estimate of drug-likeness (QED) is 0.589. The van der Waals surface area contributed by atoms with Crippen LogP contribution in [-0.2, 0) is 0 Å². The summed E-state index contributed by atoms with van der Waals surface area (Å²) in [6, 6.07) is 16.0. The summed E-state index contributed by atoms with van der Waals surface area (Å²) >= 11 is 0. The van der Waals surface area contributed by atoms with Crippen molar-refractivity contribution in [2.75, 3.05) is 0 Å². The third-order valence-electron chi connectivity index (χ3n) is 4.76. The summed E-state index contributed by atoms with van der Waals surface area (Å²) in [4.78, 5) is 0. The Labute approximate surface area is 142 Å². The van der Waals surface area contributed by atoms with Gasteiger partial charge in [0.2, 0.25) is 0 Å². The van der Waals surface area contributed by atoms with Crippen LogP contribution in [-0.4, -0.2) is 8.07 Å². The van der Waals surface area contributed by atoms with Crippen molar-refractivity contribution in [3.8, 4) is 11.1 Å². The molecule has 1 aliphatic rings. The van der Waals surface area contributed by atoms with Gasteiger partial charge in [-0.05, 0) is 28.7 Å². The van der Waals surface area contributed by atoms with Crippen molar-refractivity contribution in [2.45, 2.75) is 45.8 Å². The summed E-state index contributed by atoms with van der Waals surface area (Å²) < 4.78 is 0. The molecule has 0 bridgehead atoms. The van der Waals surface area contributed by atoms with Crippen LogP contribution in [0.1, 0.15) is 37.3 Å². The smallest absolute Gasteiger partial charge is 0.0721 e. The first-order valence-electron chi connectivity index (χ1n) is 8.79. The molecule has 0 fully saturated rings. The average molecular weight is 320 g/mol. The fourth-order valence-electron chi connectivity index (χ4n) is 3.29. The normalized spacial score (nSPS) is 14.3. The number of unbranched alkanes of at least 4 members (excludes halogenated alkanes) is 1. The van der Waals surface area contributed by atoms with Crippen LogP contribution in [0.2, 0.25) is 19.6 Å². The molecule has 0 saturated heterocycles. The second kappa shape index (κ2) is 6.49. The third-order valence-corrected chi connectivity index (χ3v) is 6.83. The van der Waals surface area contributed by atoms with Crippen LogP contribution in [0, 0.1) is 5.92 Å². The van der Waals surface area contributed by atoms with Crippen LogP contribution in [0.4, 0.5) is 0 Å². The van der Waals surface area contributed by atoms with Crippen LogP contribution < -0.4 is 5.19 Å². The van der Waals surface area contributed by atoms with Gasteiger partial charge in [0.05, 0.1) is 8.07 Å². The zero-order valence-corrected chi connectivity index (χ0v) is 15.8.